The molecule has 0 aliphatic carbocycles. The summed E-state index contributed by atoms with van der Waals surface area (Å²) in [5, 5.41) is 49.3. The van der Waals surface area contributed by atoms with Crippen molar-refractivity contribution in [3.8, 4) is 0 Å². The van der Waals surface area contributed by atoms with Gasteiger partial charge in [0.1, 0.15) is 24.4 Å². The van der Waals surface area contributed by atoms with E-state index in [1.807, 2.05) is 60.7 Å². The molecule has 5 nitrogen and oxygen atoms in total. The summed E-state index contributed by atoms with van der Waals surface area (Å²) in [6.07, 6.45) is -5.97. The third-order valence-corrected chi connectivity index (χ3v) is 7.11. The minimum Gasteiger partial charge on any atom is -0.394 e. The molecule has 0 heterocycles. The van der Waals surface area contributed by atoms with Gasteiger partial charge in [0.25, 0.3) is 0 Å². The lowest BCUT2D eigenvalue weighted by Gasteiger charge is -2.30. The third-order valence-electron chi connectivity index (χ3n) is 4.07. The molecular weight excluding hydrogens is 384 g/mol. The van der Waals surface area contributed by atoms with E-state index in [0.29, 0.717) is 11.5 Å². The topological polar surface area (TPSA) is 101 Å². The highest BCUT2D eigenvalue weighted by molar-refractivity contribution is 8.16. The molecule has 2 aromatic rings. The second kappa shape index (κ2) is 11.7. The van der Waals surface area contributed by atoms with E-state index in [-0.39, 0.29) is 0 Å². The average molecular weight is 411 g/mol. The summed E-state index contributed by atoms with van der Waals surface area (Å²) < 4.78 is -0.430. The Kier molecular flexibility index (Phi) is 9.64. The summed E-state index contributed by atoms with van der Waals surface area (Å²) in [5.74, 6) is 1.27. The molecule has 148 valence electrons. The molecule has 0 aliphatic rings. The highest BCUT2D eigenvalue weighted by atomic mass is 32.2. The SMILES string of the molecule is OC[C@@H](O)[C@@H](O)[C@@H](O)[C@@H](O)C(SCc1ccccc1)SCc1ccccc1. The van der Waals surface area contributed by atoms with Gasteiger partial charge in [-0.2, -0.15) is 0 Å². The zero-order valence-corrected chi connectivity index (χ0v) is 16.5. The van der Waals surface area contributed by atoms with Crippen LogP contribution in [0.25, 0.3) is 0 Å². The maximum atomic E-state index is 10.6. The molecule has 0 aliphatic heterocycles. The van der Waals surface area contributed by atoms with Gasteiger partial charge in [-0.15, -0.1) is 23.5 Å². The maximum Gasteiger partial charge on any atom is 0.111 e. The average Bonchev–Trinajstić information content (AvgIpc) is 2.73. The number of benzene rings is 2. The quantitative estimate of drug-likeness (QED) is 0.359. The summed E-state index contributed by atoms with van der Waals surface area (Å²) >= 11 is 2.93. The van der Waals surface area contributed by atoms with Crippen molar-refractivity contribution in [1.82, 2.24) is 0 Å². The van der Waals surface area contributed by atoms with E-state index in [2.05, 4.69) is 0 Å². The molecule has 0 saturated carbocycles. The fourth-order valence-electron chi connectivity index (χ4n) is 2.45. The molecule has 2 aromatic carbocycles. The Morgan fingerprint density at radius 2 is 1.07 bits per heavy atom. The fraction of sp³-hybridized carbons (Fsp3) is 0.400. The minimum absolute atomic E-state index is 0.430. The van der Waals surface area contributed by atoms with Gasteiger partial charge in [0.2, 0.25) is 0 Å². The molecule has 0 radical (unpaired) electrons. The molecule has 0 amide bonds. The smallest absolute Gasteiger partial charge is 0.111 e. The van der Waals surface area contributed by atoms with Crippen molar-refractivity contribution in [3.63, 3.8) is 0 Å². The zero-order valence-electron chi connectivity index (χ0n) is 14.8. The van der Waals surface area contributed by atoms with Crippen molar-refractivity contribution in [2.45, 2.75) is 40.5 Å². The van der Waals surface area contributed by atoms with Crippen LogP contribution in [0.4, 0.5) is 0 Å². The fourth-order valence-corrected chi connectivity index (χ4v) is 5.06. The first kappa shape index (κ1) is 22.2. The van der Waals surface area contributed by atoms with Crippen molar-refractivity contribution < 1.29 is 25.5 Å². The Bertz CT molecular complexity index is 600. The monoisotopic (exact) mass is 410 g/mol. The van der Waals surface area contributed by atoms with Crippen molar-refractivity contribution in [2.24, 2.45) is 0 Å². The van der Waals surface area contributed by atoms with Gasteiger partial charge < -0.3 is 25.5 Å². The predicted octanol–water partition coefficient (Wildman–Crippen LogP) is 1.62. The van der Waals surface area contributed by atoms with E-state index in [1.165, 1.54) is 23.5 Å². The zero-order chi connectivity index (χ0) is 19.6. The third kappa shape index (κ3) is 7.12. The van der Waals surface area contributed by atoms with E-state index in [0.717, 1.165) is 11.1 Å². The second-order valence-corrected chi connectivity index (χ2v) is 8.74. The van der Waals surface area contributed by atoms with Crippen LogP contribution in [0, 0.1) is 0 Å². The Hall–Kier alpha value is -1.06. The first-order valence-electron chi connectivity index (χ1n) is 8.67. The van der Waals surface area contributed by atoms with Gasteiger partial charge in [0, 0.05) is 11.5 Å². The number of aliphatic hydroxyl groups excluding tert-OH is 5. The van der Waals surface area contributed by atoms with Gasteiger partial charge in [-0.05, 0) is 11.1 Å². The van der Waals surface area contributed by atoms with E-state index < -0.39 is 35.6 Å². The van der Waals surface area contributed by atoms with Gasteiger partial charge in [0.05, 0.1) is 11.2 Å². The Morgan fingerprint density at radius 1 is 0.630 bits per heavy atom. The standard InChI is InChI=1S/C20H26O5S2/c21-11-16(22)17(23)18(24)19(25)20(26-12-14-7-3-1-4-8-14)27-13-15-9-5-2-6-10-15/h1-10,16-25H,11-13H2/t16-,17-,18-,19-/m1/s1. The van der Waals surface area contributed by atoms with Crippen molar-refractivity contribution in [3.05, 3.63) is 71.8 Å². The number of aliphatic hydroxyl groups is 5. The first-order chi connectivity index (χ1) is 13.0. The molecule has 5 N–H and O–H groups in total. The lowest BCUT2D eigenvalue weighted by atomic mass is 10.0. The van der Waals surface area contributed by atoms with Gasteiger partial charge in [-0.1, -0.05) is 60.7 Å². The summed E-state index contributed by atoms with van der Waals surface area (Å²) in [7, 11) is 0. The van der Waals surface area contributed by atoms with Crippen molar-refractivity contribution in [2.75, 3.05) is 6.61 Å². The van der Waals surface area contributed by atoms with Crippen molar-refractivity contribution >= 4 is 23.5 Å². The van der Waals surface area contributed by atoms with Gasteiger partial charge >= 0.3 is 0 Å². The highest BCUT2D eigenvalue weighted by Gasteiger charge is 2.35. The molecule has 0 saturated heterocycles. The summed E-state index contributed by atoms with van der Waals surface area (Å²) in [6.45, 7) is -0.691. The van der Waals surface area contributed by atoms with Crippen LogP contribution >= 0.6 is 23.5 Å². The molecule has 0 bridgehead atoms. The van der Waals surface area contributed by atoms with Crippen LogP contribution in [0.15, 0.2) is 60.7 Å². The van der Waals surface area contributed by atoms with Gasteiger partial charge in [-0.3, -0.25) is 0 Å². The van der Waals surface area contributed by atoms with Crippen LogP contribution in [0.5, 0.6) is 0 Å². The first-order valence-corrected chi connectivity index (χ1v) is 10.8. The predicted molar refractivity (Wildman–Crippen MR) is 110 cm³/mol. The summed E-state index contributed by atoms with van der Waals surface area (Å²) in [4.78, 5) is 0. The molecule has 27 heavy (non-hydrogen) atoms. The highest BCUT2D eigenvalue weighted by Crippen LogP contribution is 2.34. The van der Waals surface area contributed by atoms with E-state index in [9.17, 15) is 20.4 Å². The molecule has 4 atom stereocenters. The second-order valence-electron chi connectivity index (χ2n) is 6.18. The lowest BCUT2D eigenvalue weighted by molar-refractivity contribution is -0.111. The molecular formula is C20H26O5S2. The van der Waals surface area contributed by atoms with E-state index >= 15 is 0 Å². The molecule has 7 heteroatoms. The largest absolute Gasteiger partial charge is 0.394 e. The van der Waals surface area contributed by atoms with Crippen LogP contribution in [-0.2, 0) is 11.5 Å². The van der Waals surface area contributed by atoms with Crippen LogP contribution in [0.1, 0.15) is 11.1 Å². The summed E-state index contributed by atoms with van der Waals surface area (Å²) in [5.41, 5.74) is 2.18. The van der Waals surface area contributed by atoms with Gasteiger partial charge in [0.15, 0.2) is 0 Å². The van der Waals surface area contributed by atoms with E-state index in [1.54, 1.807) is 0 Å². The Balaban J connectivity index is 2.04. The number of hydrogen-bond donors (Lipinski definition) is 5. The number of thioether (sulfide) groups is 2. The van der Waals surface area contributed by atoms with E-state index in [4.69, 9.17) is 5.11 Å². The van der Waals surface area contributed by atoms with Gasteiger partial charge in [-0.25, -0.2) is 0 Å². The van der Waals surface area contributed by atoms with Crippen LogP contribution < -0.4 is 0 Å². The molecule has 0 aromatic heterocycles. The Labute approximate surface area is 168 Å². The molecule has 0 spiro atoms. The van der Waals surface area contributed by atoms with Crippen LogP contribution in [0.2, 0.25) is 0 Å². The van der Waals surface area contributed by atoms with Crippen molar-refractivity contribution in [1.29, 1.82) is 0 Å². The molecule has 0 unspecified atom stereocenters. The number of rotatable bonds is 11. The normalized spacial score (nSPS) is 16.1. The minimum atomic E-state index is -1.62. The lowest BCUT2D eigenvalue weighted by Crippen LogP contribution is -2.48. The maximum absolute atomic E-state index is 10.6. The van der Waals surface area contributed by atoms with Crippen LogP contribution in [-0.4, -0.2) is 61.1 Å². The molecule has 2 rings (SSSR count). The molecule has 0 fully saturated rings. The summed E-state index contributed by atoms with van der Waals surface area (Å²) in [6, 6.07) is 19.6. The van der Waals surface area contributed by atoms with Crippen LogP contribution in [0.3, 0.4) is 0 Å². The number of hydrogen-bond acceptors (Lipinski definition) is 7. The Morgan fingerprint density at radius 3 is 1.48 bits per heavy atom.